The van der Waals surface area contributed by atoms with Crippen molar-refractivity contribution in [1.82, 2.24) is 10.3 Å². The van der Waals surface area contributed by atoms with Crippen molar-refractivity contribution in [1.29, 1.82) is 0 Å². The summed E-state index contributed by atoms with van der Waals surface area (Å²) in [5.74, 6) is -0.175. The molecule has 2 rings (SSSR count). The third-order valence-electron chi connectivity index (χ3n) is 3.58. The highest BCUT2D eigenvalue weighted by molar-refractivity contribution is 6.00. The smallest absolute Gasteiger partial charge is 0.253 e. The van der Waals surface area contributed by atoms with Crippen LogP contribution in [0.5, 0.6) is 0 Å². The summed E-state index contributed by atoms with van der Waals surface area (Å²) < 4.78 is 0. The molecule has 6 heteroatoms. The van der Waals surface area contributed by atoms with E-state index in [2.05, 4.69) is 15.5 Å². The Morgan fingerprint density at radius 3 is 2.74 bits per heavy atom. The molecule has 0 aromatic carbocycles. The molecule has 0 spiro atoms. The second kappa shape index (κ2) is 5.69. The molecule has 1 heterocycles. The Kier molecular flexibility index (Phi) is 3.99. The lowest BCUT2D eigenvalue weighted by atomic mass is 9.80. The van der Waals surface area contributed by atoms with E-state index in [-0.39, 0.29) is 11.7 Å². The van der Waals surface area contributed by atoms with Crippen LogP contribution in [0.15, 0.2) is 29.7 Å². The van der Waals surface area contributed by atoms with Crippen molar-refractivity contribution in [2.75, 3.05) is 0 Å². The molecule has 1 fully saturated rings. The highest BCUT2D eigenvalue weighted by Crippen LogP contribution is 2.28. The van der Waals surface area contributed by atoms with Gasteiger partial charge in [0.05, 0.1) is 5.56 Å². The molecule has 0 saturated heterocycles. The first kappa shape index (κ1) is 13.3. The van der Waals surface area contributed by atoms with E-state index < -0.39 is 5.54 Å². The van der Waals surface area contributed by atoms with Crippen molar-refractivity contribution in [2.24, 2.45) is 10.9 Å². The van der Waals surface area contributed by atoms with Gasteiger partial charge in [0, 0.05) is 12.4 Å². The molecule has 0 atom stereocenters. The molecule has 4 N–H and O–H groups in total. The zero-order chi connectivity index (χ0) is 13.7. The van der Waals surface area contributed by atoms with Gasteiger partial charge < -0.3 is 16.3 Å². The number of amides is 1. The summed E-state index contributed by atoms with van der Waals surface area (Å²) in [4.78, 5) is 16.1. The third kappa shape index (κ3) is 2.83. The third-order valence-corrected chi connectivity index (χ3v) is 3.58. The normalized spacial score (nSPS) is 18.8. The number of rotatable bonds is 3. The molecular formula is C13H18N4O2. The van der Waals surface area contributed by atoms with Gasteiger partial charge in [-0.1, -0.05) is 24.4 Å². The number of nitrogens with two attached hydrogens (primary N) is 1. The van der Waals surface area contributed by atoms with Gasteiger partial charge >= 0.3 is 0 Å². The molecule has 1 amide bonds. The van der Waals surface area contributed by atoms with Gasteiger partial charge in [-0.25, -0.2) is 0 Å². The minimum atomic E-state index is -0.736. The summed E-state index contributed by atoms with van der Waals surface area (Å²) in [6.45, 7) is 0. The number of nitrogens with zero attached hydrogens (tertiary/aromatic N) is 2. The van der Waals surface area contributed by atoms with Gasteiger partial charge in [0.1, 0.15) is 5.54 Å². The molecule has 102 valence electrons. The van der Waals surface area contributed by atoms with Crippen molar-refractivity contribution in [3.05, 3.63) is 30.1 Å². The van der Waals surface area contributed by atoms with Crippen LogP contribution in [0.1, 0.15) is 42.5 Å². The Labute approximate surface area is 111 Å². The van der Waals surface area contributed by atoms with Gasteiger partial charge in [-0.2, -0.15) is 0 Å². The molecular weight excluding hydrogens is 244 g/mol. The Morgan fingerprint density at radius 2 is 2.16 bits per heavy atom. The number of carbonyl (C=O) groups excluding carboxylic acids is 1. The number of nitrogens with one attached hydrogen (secondary N) is 1. The van der Waals surface area contributed by atoms with Gasteiger partial charge in [0.2, 0.25) is 0 Å². The monoisotopic (exact) mass is 262 g/mol. The standard InChI is InChI=1S/C13H18N4O2/c14-12(17-19)13(6-2-1-3-7-13)16-11(18)10-5-4-8-15-9-10/h4-5,8-9,19H,1-3,6-7H2,(H2,14,17)(H,16,18). The average Bonchev–Trinajstić information content (AvgIpc) is 2.48. The van der Waals surface area contributed by atoms with E-state index in [0.29, 0.717) is 18.4 Å². The molecule has 1 aliphatic rings. The van der Waals surface area contributed by atoms with Crippen molar-refractivity contribution in [3.63, 3.8) is 0 Å². The fraction of sp³-hybridized carbons (Fsp3) is 0.462. The Bertz CT molecular complexity index is 467. The summed E-state index contributed by atoms with van der Waals surface area (Å²) in [7, 11) is 0. The minimum Gasteiger partial charge on any atom is -0.409 e. The maximum atomic E-state index is 12.2. The topological polar surface area (TPSA) is 101 Å². The van der Waals surface area contributed by atoms with Crippen LogP contribution in [0, 0.1) is 0 Å². The lowest BCUT2D eigenvalue weighted by molar-refractivity contribution is 0.0905. The number of hydrogen-bond donors (Lipinski definition) is 3. The van der Waals surface area contributed by atoms with Crippen molar-refractivity contribution in [2.45, 2.75) is 37.6 Å². The molecule has 0 unspecified atom stereocenters. The summed E-state index contributed by atoms with van der Waals surface area (Å²) >= 11 is 0. The predicted molar refractivity (Wildman–Crippen MR) is 70.9 cm³/mol. The van der Waals surface area contributed by atoms with E-state index in [1.165, 1.54) is 6.20 Å². The van der Waals surface area contributed by atoms with Gasteiger partial charge in [-0.3, -0.25) is 9.78 Å². The van der Waals surface area contributed by atoms with Crippen LogP contribution in [0.25, 0.3) is 0 Å². The average molecular weight is 262 g/mol. The SMILES string of the molecule is N/C(=N/O)C1(NC(=O)c2cccnc2)CCCCC1. The first-order valence-electron chi connectivity index (χ1n) is 6.38. The zero-order valence-electron chi connectivity index (χ0n) is 10.7. The largest absolute Gasteiger partial charge is 0.409 e. The summed E-state index contributed by atoms with van der Waals surface area (Å²) in [6, 6.07) is 3.39. The van der Waals surface area contributed by atoms with Crippen molar-refractivity contribution < 1.29 is 10.0 Å². The van der Waals surface area contributed by atoms with E-state index in [0.717, 1.165) is 19.3 Å². The van der Waals surface area contributed by atoms with Crippen LogP contribution < -0.4 is 11.1 Å². The number of amidine groups is 1. The quantitative estimate of drug-likeness (QED) is 0.330. The minimum absolute atomic E-state index is 0.0736. The molecule has 6 nitrogen and oxygen atoms in total. The first-order chi connectivity index (χ1) is 9.18. The fourth-order valence-corrected chi connectivity index (χ4v) is 2.48. The van der Waals surface area contributed by atoms with E-state index in [1.807, 2.05) is 0 Å². The molecule has 1 aliphatic carbocycles. The molecule has 0 aliphatic heterocycles. The Morgan fingerprint density at radius 1 is 1.42 bits per heavy atom. The summed E-state index contributed by atoms with van der Waals surface area (Å²) in [5, 5.41) is 14.9. The van der Waals surface area contributed by atoms with Gasteiger partial charge in [0.15, 0.2) is 5.84 Å². The van der Waals surface area contributed by atoms with Gasteiger partial charge in [-0.15, -0.1) is 0 Å². The van der Waals surface area contributed by atoms with Crippen LogP contribution in [-0.2, 0) is 0 Å². The van der Waals surface area contributed by atoms with Crippen LogP contribution in [0.2, 0.25) is 0 Å². The summed E-state index contributed by atoms with van der Waals surface area (Å²) in [6.07, 6.45) is 7.48. The molecule has 19 heavy (non-hydrogen) atoms. The second-order valence-electron chi connectivity index (χ2n) is 4.82. The lowest BCUT2D eigenvalue weighted by Gasteiger charge is -2.36. The molecule has 1 aromatic rings. The van der Waals surface area contributed by atoms with Crippen LogP contribution in [0.3, 0.4) is 0 Å². The van der Waals surface area contributed by atoms with Crippen molar-refractivity contribution in [3.8, 4) is 0 Å². The van der Waals surface area contributed by atoms with Crippen LogP contribution in [0.4, 0.5) is 0 Å². The van der Waals surface area contributed by atoms with E-state index in [4.69, 9.17) is 10.9 Å². The maximum absolute atomic E-state index is 12.2. The Balaban J connectivity index is 2.19. The van der Waals surface area contributed by atoms with Gasteiger partial charge in [-0.05, 0) is 25.0 Å². The van der Waals surface area contributed by atoms with Crippen molar-refractivity contribution >= 4 is 11.7 Å². The molecule has 0 bridgehead atoms. The molecule has 0 radical (unpaired) electrons. The summed E-state index contributed by atoms with van der Waals surface area (Å²) in [5.41, 5.74) is 5.51. The van der Waals surface area contributed by atoms with Crippen LogP contribution in [-0.4, -0.2) is 27.5 Å². The Hall–Kier alpha value is -2.11. The van der Waals surface area contributed by atoms with E-state index >= 15 is 0 Å². The number of hydrogen-bond acceptors (Lipinski definition) is 4. The highest BCUT2D eigenvalue weighted by atomic mass is 16.4. The van der Waals surface area contributed by atoms with E-state index in [1.54, 1.807) is 18.3 Å². The number of pyridine rings is 1. The number of carbonyl (C=O) groups is 1. The number of aromatic nitrogens is 1. The fourth-order valence-electron chi connectivity index (χ4n) is 2.48. The highest BCUT2D eigenvalue weighted by Gasteiger charge is 2.38. The lowest BCUT2D eigenvalue weighted by Crippen LogP contribution is -2.58. The van der Waals surface area contributed by atoms with E-state index in [9.17, 15) is 4.79 Å². The first-order valence-corrected chi connectivity index (χ1v) is 6.38. The molecule has 1 saturated carbocycles. The van der Waals surface area contributed by atoms with Crippen LogP contribution >= 0.6 is 0 Å². The predicted octanol–water partition coefficient (Wildman–Crippen LogP) is 1.26. The number of oxime groups is 1. The van der Waals surface area contributed by atoms with Gasteiger partial charge in [0.25, 0.3) is 5.91 Å². The second-order valence-corrected chi connectivity index (χ2v) is 4.82. The molecule has 1 aromatic heterocycles. The zero-order valence-corrected chi connectivity index (χ0v) is 10.7. The maximum Gasteiger partial charge on any atom is 0.253 e.